The van der Waals surface area contributed by atoms with Crippen LogP contribution in [0.2, 0.25) is 0 Å². The van der Waals surface area contributed by atoms with E-state index < -0.39 is 0 Å². The van der Waals surface area contributed by atoms with Crippen molar-refractivity contribution in [3.8, 4) is 0 Å². The lowest BCUT2D eigenvalue weighted by Crippen LogP contribution is -2.50. The molecular formula is C12H22N4O. The van der Waals surface area contributed by atoms with Crippen molar-refractivity contribution in [1.29, 1.82) is 0 Å². The maximum atomic E-state index is 5.09. The normalized spacial score (nSPS) is 20.8. The molecule has 0 radical (unpaired) electrons. The minimum Gasteiger partial charge on any atom is -0.385 e. The van der Waals surface area contributed by atoms with Gasteiger partial charge in [0, 0.05) is 58.3 Å². The summed E-state index contributed by atoms with van der Waals surface area (Å²) >= 11 is 0. The summed E-state index contributed by atoms with van der Waals surface area (Å²) in [5, 5.41) is 3.45. The first-order valence-corrected chi connectivity index (χ1v) is 6.29. The van der Waals surface area contributed by atoms with Gasteiger partial charge >= 0.3 is 0 Å². The molecule has 2 heterocycles. The van der Waals surface area contributed by atoms with E-state index in [2.05, 4.69) is 32.9 Å². The van der Waals surface area contributed by atoms with Gasteiger partial charge in [-0.15, -0.1) is 0 Å². The minimum atomic E-state index is 0.535. The fourth-order valence-electron chi connectivity index (χ4n) is 2.25. The molecule has 1 aromatic rings. The zero-order chi connectivity index (χ0) is 12.1. The molecule has 0 unspecified atom stereocenters. The van der Waals surface area contributed by atoms with E-state index in [1.165, 1.54) is 0 Å². The van der Waals surface area contributed by atoms with Gasteiger partial charge < -0.3 is 19.5 Å². The van der Waals surface area contributed by atoms with Crippen LogP contribution in [0.5, 0.6) is 0 Å². The van der Waals surface area contributed by atoms with Gasteiger partial charge in [-0.3, -0.25) is 0 Å². The van der Waals surface area contributed by atoms with E-state index in [0.29, 0.717) is 6.04 Å². The third kappa shape index (κ3) is 3.20. The molecule has 0 aromatic carbocycles. The lowest BCUT2D eigenvalue weighted by Gasteiger charge is -2.32. The molecule has 1 saturated heterocycles. The van der Waals surface area contributed by atoms with Crippen molar-refractivity contribution in [1.82, 2.24) is 14.9 Å². The topological polar surface area (TPSA) is 42.3 Å². The third-order valence-corrected chi connectivity index (χ3v) is 3.09. The van der Waals surface area contributed by atoms with E-state index >= 15 is 0 Å². The molecule has 0 aliphatic carbocycles. The number of aromatic nitrogens is 2. The van der Waals surface area contributed by atoms with E-state index in [4.69, 9.17) is 4.74 Å². The molecule has 1 aliphatic heterocycles. The average molecular weight is 238 g/mol. The zero-order valence-corrected chi connectivity index (χ0v) is 10.7. The van der Waals surface area contributed by atoms with Crippen molar-refractivity contribution in [3.05, 3.63) is 12.4 Å². The summed E-state index contributed by atoms with van der Waals surface area (Å²) in [6, 6.07) is 0.535. The number of methoxy groups -OCH3 is 1. The van der Waals surface area contributed by atoms with Gasteiger partial charge in [-0.25, -0.2) is 4.98 Å². The van der Waals surface area contributed by atoms with E-state index in [9.17, 15) is 0 Å². The molecule has 2 rings (SSSR count). The SMILES string of the molecule is COCCCn1ccnc1N1CCN[C@@H](C)C1. The van der Waals surface area contributed by atoms with Gasteiger partial charge in [0.1, 0.15) is 0 Å². The molecule has 1 aliphatic rings. The molecular weight excluding hydrogens is 216 g/mol. The van der Waals surface area contributed by atoms with E-state index in [0.717, 1.165) is 45.2 Å². The van der Waals surface area contributed by atoms with Crippen LogP contribution in [0.3, 0.4) is 0 Å². The van der Waals surface area contributed by atoms with Gasteiger partial charge in [-0.2, -0.15) is 0 Å². The summed E-state index contributed by atoms with van der Waals surface area (Å²) in [6.07, 6.45) is 4.97. The molecule has 0 bridgehead atoms. The van der Waals surface area contributed by atoms with Gasteiger partial charge in [0.2, 0.25) is 5.95 Å². The van der Waals surface area contributed by atoms with Gasteiger partial charge in [0.05, 0.1) is 0 Å². The molecule has 0 spiro atoms. The number of aryl methyl sites for hydroxylation is 1. The van der Waals surface area contributed by atoms with Gasteiger partial charge in [-0.1, -0.05) is 0 Å². The van der Waals surface area contributed by atoms with Crippen LogP contribution in [-0.2, 0) is 11.3 Å². The van der Waals surface area contributed by atoms with Crippen LogP contribution in [0, 0.1) is 0 Å². The Morgan fingerprint density at radius 3 is 3.24 bits per heavy atom. The molecule has 17 heavy (non-hydrogen) atoms. The molecule has 1 N–H and O–H groups in total. The average Bonchev–Trinajstić information content (AvgIpc) is 2.78. The lowest BCUT2D eigenvalue weighted by atomic mass is 10.2. The monoisotopic (exact) mass is 238 g/mol. The quantitative estimate of drug-likeness (QED) is 0.768. The predicted octanol–water partition coefficient (Wildman–Crippen LogP) is 0.718. The third-order valence-electron chi connectivity index (χ3n) is 3.09. The highest BCUT2D eigenvalue weighted by Gasteiger charge is 2.19. The second-order valence-corrected chi connectivity index (χ2v) is 4.57. The van der Waals surface area contributed by atoms with E-state index in [1.54, 1.807) is 7.11 Å². The van der Waals surface area contributed by atoms with Crippen LogP contribution in [0.4, 0.5) is 5.95 Å². The Bertz CT molecular complexity index is 339. The van der Waals surface area contributed by atoms with Crippen molar-refractivity contribution < 1.29 is 4.74 Å². The maximum Gasteiger partial charge on any atom is 0.205 e. The summed E-state index contributed by atoms with van der Waals surface area (Å²) < 4.78 is 7.30. The number of imidazole rings is 1. The Morgan fingerprint density at radius 1 is 1.59 bits per heavy atom. The molecule has 1 fully saturated rings. The van der Waals surface area contributed by atoms with Crippen molar-refractivity contribution in [2.75, 3.05) is 38.3 Å². The molecule has 5 heteroatoms. The van der Waals surface area contributed by atoms with Crippen molar-refractivity contribution in [3.63, 3.8) is 0 Å². The van der Waals surface area contributed by atoms with Gasteiger partial charge in [-0.05, 0) is 13.3 Å². The number of rotatable bonds is 5. The highest BCUT2D eigenvalue weighted by Crippen LogP contribution is 2.14. The van der Waals surface area contributed by atoms with Crippen molar-refractivity contribution in [2.45, 2.75) is 25.9 Å². The highest BCUT2D eigenvalue weighted by atomic mass is 16.5. The van der Waals surface area contributed by atoms with Crippen LogP contribution in [0.25, 0.3) is 0 Å². The summed E-state index contributed by atoms with van der Waals surface area (Å²) in [5.74, 6) is 1.09. The Morgan fingerprint density at radius 2 is 2.47 bits per heavy atom. The van der Waals surface area contributed by atoms with Crippen molar-refractivity contribution >= 4 is 5.95 Å². The first-order valence-electron chi connectivity index (χ1n) is 6.29. The van der Waals surface area contributed by atoms with Crippen LogP contribution in [-0.4, -0.2) is 48.9 Å². The Hall–Kier alpha value is -1.07. The number of hydrogen-bond acceptors (Lipinski definition) is 4. The number of nitrogens with zero attached hydrogens (tertiary/aromatic N) is 3. The number of piperazine rings is 1. The van der Waals surface area contributed by atoms with Crippen LogP contribution < -0.4 is 10.2 Å². The van der Waals surface area contributed by atoms with Gasteiger partial charge in [0.25, 0.3) is 0 Å². The molecule has 0 amide bonds. The van der Waals surface area contributed by atoms with Crippen LogP contribution in [0.1, 0.15) is 13.3 Å². The first-order chi connectivity index (χ1) is 8.31. The van der Waals surface area contributed by atoms with Crippen LogP contribution in [0.15, 0.2) is 12.4 Å². The second-order valence-electron chi connectivity index (χ2n) is 4.57. The number of anilines is 1. The van der Waals surface area contributed by atoms with E-state index in [1.807, 2.05) is 6.20 Å². The number of ether oxygens (including phenoxy) is 1. The zero-order valence-electron chi connectivity index (χ0n) is 10.7. The molecule has 0 saturated carbocycles. The maximum absolute atomic E-state index is 5.09. The largest absolute Gasteiger partial charge is 0.385 e. The Labute approximate surface area is 103 Å². The fraction of sp³-hybridized carbons (Fsp3) is 0.750. The summed E-state index contributed by atoms with van der Waals surface area (Å²) in [6.45, 7) is 7.08. The highest BCUT2D eigenvalue weighted by molar-refractivity contribution is 5.32. The Balaban J connectivity index is 1.97. The predicted molar refractivity (Wildman–Crippen MR) is 68.4 cm³/mol. The summed E-state index contributed by atoms with van der Waals surface area (Å²) in [4.78, 5) is 6.83. The molecule has 5 nitrogen and oxygen atoms in total. The summed E-state index contributed by atoms with van der Waals surface area (Å²) in [5.41, 5.74) is 0. The Kier molecular flexibility index (Phi) is 4.39. The van der Waals surface area contributed by atoms with Gasteiger partial charge in [0.15, 0.2) is 0 Å². The first kappa shape index (κ1) is 12.4. The minimum absolute atomic E-state index is 0.535. The number of hydrogen-bond donors (Lipinski definition) is 1. The summed E-state index contributed by atoms with van der Waals surface area (Å²) in [7, 11) is 1.74. The van der Waals surface area contributed by atoms with Crippen LogP contribution >= 0.6 is 0 Å². The lowest BCUT2D eigenvalue weighted by molar-refractivity contribution is 0.190. The van der Waals surface area contributed by atoms with E-state index in [-0.39, 0.29) is 0 Å². The molecule has 96 valence electrons. The van der Waals surface area contributed by atoms with Crippen molar-refractivity contribution in [2.24, 2.45) is 0 Å². The second kappa shape index (κ2) is 6.02. The fourth-order valence-corrected chi connectivity index (χ4v) is 2.25. The number of nitrogens with one attached hydrogen (secondary N) is 1. The smallest absolute Gasteiger partial charge is 0.205 e. The molecule has 1 atom stereocenters. The standard InChI is InChI=1S/C12H22N4O/c1-11-10-16(8-4-13-11)12-14-5-7-15(12)6-3-9-17-2/h5,7,11,13H,3-4,6,8-10H2,1-2H3/t11-/m0/s1. The molecule has 1 aromatic heterocycles.